The molecular weight excluding hydrogens is 442 g/mol. The van der Waals surface area contributed by atoms with Crippen molar-refractivity contribution in [3.63, 3.8) is 0 Å². The normalized spacial score (nSPS) is 19.6. The molecule has 0 saturated carbocycles. The van der Waals surface area contributed by atoms with Crippen LogP contribution in [-0.4, -0.2) is 47.4 Å². The number of nitrogens with zero attached hydrogens (tertiary/aromatic N) is 1. The number of ether oxygens (including phenoxy) is 1. The predicted octanol–water partition coefficient (Wildman–Crippen LogP) is 4.02. The number of nitrogens with one attached hydrogen (secondary N) is 1. The summed E-state index contributed by atoms with van der Waals surface area (Å²) in [6.45, 7) is 1.34. The van der Waals surface area contributed by atoms with Crippen molar-refractivity contribution in [1.82, 2.24) is 4.90 Å². The topological polar surface area (TPSA) is 84.7 Å². The number of hydrogen-bond acceptors (Lipinski definition) is 6. The van der Waals surface area contributed by atoms with Crippen LogP contribution in [0.3, 0.4) is 0 Å². The van der Waals surface area contributed by atoms with Crippen LogP contribution in [0.5, 0.6) is 5.75 Å². The zero-order valence-corrected chi connectivity index (χ0v) is 19.6. The molecule has 2 amide bonds. The third-order valence-corrected chi connectivity index (χ3v) is 8.72. The summed E-state index contributed by atoms with van der Waals surface area (Å²) < 4.78 is 6.20. The highest BCUT2D eigenvalue weighted by atomic mass is 32.2. The number of nitrogens with two attached hydrogens (primary N) is 1. The highest BCUT2D eigenvalue weighted by Gasteiger charge is 2.29. The molecule has 32 heavy (non-hydrogen) atoms. The molecular formula is C24H29N3O3S2. The van der Waals surface area contributed by atoms with Gasteiger partial charge < -0.3 is 15.8 Å². The summed E-state index contributed by atoms with van der Waals surface area (Å²) in [5.74, 6) is 2.60. The van der Waals surface area contributed by atoms with E-state index in [1.165, 1.54) is 23.5 Å². The summed E-state index contributed by atoms with van der Waals surface area (Å²) in [4.78, 5) is 26.3. The summed E-state index contributed by atoms with van der Waals surface area (Å²) in [6.07, 6.45) is 3.01. The molecule has 0 spiro atoms. The van der Waals surface area contributed by atoms with Gasteiger partial charge >= 0.3 is 0 Å². The van der Waals surface area contributed by atoms with Crippen molar-refractivity contribution < 1.29 is 14.3 Å². The Balaban J connectivity index is 1.31. The SMILES string of the molecule is NC(=O)C1CCCN1Cc1ccccc1NC(=O)COc1ccc(C2SCCCS2)cc1. The molecule has 0 aliphatic carbocycles. The van der Waals surface area contributed by atoms with Gasteiger partial charge in [0.15, 0.2) is 6.61 Å². The van der Waals surface area contributed by atoms with Crippen LogP contribution in [0.2, 0.25) is 0 Å². The van der Waals surface area contributed by atoms with Crippen LogP contribution in [0.15, 0.2) is 48.5 Å². The first-order valence-corrected chi connectivity index (χ1v) is 13.1. The Hall–Kier alpha value is -2.16. The van der Waals surface area contributed by atoms with Gasteiger partial charge in [-0.15, -0.1) is 23.5 Å². The number of para-hydroxylation sites is 1. The van der Waals surface area contributed by atoms with E-state index < -0.39 is 0 Å². The van der Waals surface area contributed by atoms with Crippen molar-refractivity contribution in [2.45, 2.75) is 36.4 Å². The van der Waals surface area contributed by atoms with Gasteiger partial charge in [-0.2, -0.15) is 0 Å². The van der Waals surface area contributed by atoms with Crippen LogP contribution in [0.1, 0.15) is 35.0 Å². The van der Waals surface area contributed by atoms with Crippen molar-refractivity contribution in [3.05, 3.63) is 59.7 Å². The third-order valence-electron chi connectivity index (χ3n) is 5.71. The molecule has 2 fully saturated rings. The maximum Gasteiger partial charge on any atom is 0.262 e. The summed E-state index contributed by atoms with van der Waals surface area (Å²) in [7, 11) is 0. The van der Waals surface area contributed by atoms with Gasteiger partial charge in [0.05, 0.1) is 10.6 Å². The fourth-order valence-electron chi connectivity index (χ4n) is 4.07. The van der Waals surface area contributed by atoms with Crippen LogP contribution in [0, 0.1) is 0 Å². The molecule has 1 atom stereocenters. The van der Waals surface area contributed by atoms with E-state index in [1.807, 2.05) is 59.9 Å². The van der Waals surface area contributed by atoms with Crippen LogP contribution < -0.4 is 15.8 Å². The van der Waals surface area contributed by atoms with Crippen molar-refractivity contribution in [3.8, 4) is 5.75 Å². The average Bonchev–Trinajstić information content (AvgIpc) is 3.28. The first-order chi connectivity index (χ1) is 15.6. The van der Waals surface area contributed by atoms with Crippen LogP contribution in [0.4, 0.5) is 5.69 Å². The molecule has 2 saturated heterocycles. The van der Waals surface area contributed by atoms with E-state index >= 15 is 0 Å². The highest BCUT2D eigenvalue weighted by Crippen LogP contribution is 2.43. The molecule has 0 bridgehead atoms. The smallest absolute Gasteiger partial charge is 0.262 e. The zero-order valence-electron chi connectivity index (χ0n) is 18.0. The minimum Gasteiger partial charge on any atom is -0.484 e. The second-order valence-corrected chi connectivity index (χ2v) is 10.7. The number of thioether (sulfide) groups is 2. The number of carbonyl (C=O) groups is 2. The van der Waals surface area contributed by atoms with E-state index in [9.17, 15) is 9.59 Å². The molecule has 0 radical (unpaired) electrons. The number of anilines is 1. The maximum atomic E-state index is 12.5. The van der Waals surface area contributed by atoms with Crippen LogP contribution in [0.25, 0.3) is 0 Å². The number of carbonyl (C=O) groups excluding carboxylic acids is 2. The second-order valence-electron chi connectivity index (χ2n) is 8.02. The molecule has 2 aromatic carbocycles. The van der Waals surface area contributed by atoms with Crippen molar-refractivity contribution in [2.75, 3.05) is 30.0 Å². The van der Waals surface area contributed by atoms with Gasteiger partial charge in [-0.3, -0.25) is 14.5 Å². The Morgan fingerprint density at radius 1 is 1.06 bits per heavy atom. The number of rotatable bonds is 8. The molecule has 170 valence electrons. The van der Waals surface area contributed by atoms with Gasteiger partial charge in [-0.05, 0) is 66.6 Å². The first-order valence-electron chi connectivity index (χ1n) is 11.0. The highest BCUT2D eigenvalue weighted by molar-refractivity contribution is 8.16. The Morgan fingerprint density at radius 2 is 1.81 bits per heavy atom. The molecule has 8 heteroatoms. The van der Waals surface area contributed by atoms with Gasteiger partial charge in [0.1, 0.15) is 5.75 Å². The molecule has 2 heterocycles. The number of primary amides is 1. The number of hydrogen-bond donors (Lipinski definition) is 2. The van der Waals surface area contributed by atoms with Crippen LogP contribution in [-0.2, 0) is 16.1 Å². The summed E-state index contributed by atoms with van der Waals surface area (Å²) in [6, 6.07) is 15.5. The lowest BCUT2D eigenvalue weighted by atomic mass is 10.1. The second kappa shape index (κ2) is 11.1. The fraction of sp³-hybridized carbons (Fsp3) is 0.417. The molecule has 3 N–H and O–H groups in total. The molecule has 1 unspecified atom stereocenters. The molecule has 6 nitrogen and oxygen atoms in total. The van der Waals surface area contributed by atoms with Gasteiger partial charge in [-0.1, -0.05) is 30.3 Å². The number of benzene rings is 2. The van der Waals surface area contributed by atoms with E-state index in [0.29, 0.717) is 16.9 Å². The largest absolute Gasteiger partial charge is 0.484 e. The van der Waals surface area contributed by atoms with E-state index in [2.05, 4.69) is 22.3 Å². The van der Waals surface area contributed by atoms with Gasteiger partial charge in [0, 0.05) is 12.2 Å². The summed E-state index contributed by atoms with van der Waals surface area (Å²) >= 11 is 3.97. The Morgan fingerprint density at radius 3 is 2.56 bits per heavy atom. The molecule has 2 aliphatic heterocycles. The summed E-state index contributed by atoms with van der Waals surface area (Å²) in [5, 5.41) is 2.95. The van der Waals surface area contributed by atoms with Gasteiger partial charge in [0.2, 0.25) is 5.91 Å². The Kier molecular flexibility index (Phi) is 8.00. The summed E-state index contributed by atoms with van der Waals surface area (Å²) in [5.41, 5.74) is 8.52. The lowest BCUT2D eigenvalue weighted by Crippen LogP contribution is -2.39. The minimum absolute atomic E-state index is 0.0613. The maximum absolute atomic E-state index is 12.5. The van der Waals surface area contributed by atoms with Gasteiger partial charge in [0.25, 0.3) is 5.91 Å². The molecule has 0 aromatic heterocycles. The van der Waals surface area contributed by atoms with Crippen molar-refractivity contribution >= 4 is 41.0 Å². The fourth-order valence-corrected chi connectivity index (χ4v) is 6.97. The lowest BCUT2D eigenvalue weighted by Gasteiger charge is -2.23. The Bertz CT molecular complexity index is 932. The lowest BCUT2D eigenvalue weighted by molar-refractivity contribution is -0.122. The predicted molar refractivity (Wildman–Crippen MR) is 132 cm³/mol. The zero-order chi connectivity index (χ0) is 22.3. The van der Waals surface area contributed by atoms with E-state index in [0.717, 1.165) is 30.6 Å². The van der Waals surface area contributed by atoms with Gasteiger partial charge in [-0.25, -0.2) is 0 Å². The average molecular weight is 472 g/mol. The minimum atomic E-state index is -0.288. The van der Waals surface area contributed by atoms with E-state index in [4.69, 9.17) is 10.5 Å². The quantitative estimate of drug-likeness (QED) is 0.605. The standard InChI is InChI=1S/C24H29N3O3S2/c25-23(29)21-7-3-12-27(21)15-18-5-1-2-6-20(18)26-22(28)16-30-19-10-8-17(9-11-19)24-31-13-4-14-32-24/h1-2,5-6,8-11,21,24H,3-4,7,12-16H2,(H2,25,29)(H,26,28). The molecule has 2 aliphatic rings. The van der Waals surface area contributed by atoms with Crippen molar-refractivity contribution in [1.29, 1.82) is 0 Å². The Labute approximate surface area is 197 Å². The van der Waals surface area contributed by atoms with Crippen LogP contribution >= 0.6 is 23.5 Å². The monoisotopic (exact) mass is 471 g/mol. The van der Waals surface area contributed by atoms with E-state index in [1.54, 1.807) is 0 Å². The van der Waals surface area contributed by atoms with E-state index in [-0.39, 0.29) is 24.5 Å². The molecule has 4 rings (SSSR count). The van der Waals surface area contributed by atoms with Crippen molar-refractivity contribution in [2.24, 2.45) is 5.73 Å². The third kappa shape index (κ3) is 5.99. The molecule has 2 aromatic rings. The first kappa shape index (κ1) is 23.0. The number of likely N-dealkylation sites (tertiary alicyclic amines) is 1. The number of amides is 2.